The smallest absolute Gasteiger partial charge is 0.178 e. The fourth-order valence-electron chi connectivity index (χ4n) is 0.798. The summed E-state index contributed by atoms with van der Waals surface area (Å²) in [7, 11) is -1.29. The maximum absolute atomic E-state index is 10.8. The Kier molecular flexibility index (Phi) is 2.79. The van der Waals surface area contributed by atoms with Crippen molar-refractivity contribution in [1.29, 1.82) is 0 Å². The Balaban J connectivity index is 2.85. The van der Waals surface area contributed by atoms with Crippen molar-refractivity contribution in [2.45, 2.75) is 19.6 Å². The molecule has 0 aliphatic rings. The van der Waals surface area contributed by atoms with E-state index in [1.165, 1.54) is 0 Å². The lowest BCUT2D eigenvalue weighted by Gasteiger charge is -2.02. The van der Waals surface area contributed by atoms with Crippen molar-refractivity contribution in [1.82, 2.24) is 0 Å². The summed E-state index contributed by atoms with van der Waals surface area (Å²) in [6.45, 7) is 6.59. The van der Waals surface area contributed by atoms with Crippen LogP contribution in [0.15, 0.2) is 24.3 Å². The third-order valence-electron chi connectivity index (χ3n) is 1.44. The molecule has 0 aliphatic heterocycles. The van der Waals surface area contributed by atoms with E-state index in [-0.39, 0.29) is 5.75 Å². The molecule has 0 amide bonds. The second kappa shape index (κ2) is 3.67. The van der Waals surface area contributed by atoms with Gasteiger partial charge in [-0.3, -0.25) is 5.11 Å². The number of rotatable bonds is 0. The molecule has 0 bridgehead atoms. The number of hydrogen-bond donors (Lipinski definition) is 0. The molecule has 1 rings (SSSR count). The van der Waals surface area contributed by atoms with Crippen molar-refractivity contribution in [2.24, 2.45) is 0 Å². The second-order valence-electron chi connectivity index (χ2n) is 4.02. The van der Waals surface area contributed by atoms with Crippen LogP contribution in [0.5, 0.6) is 5.75 Å². The summed E-state index contributed by atoms with van der Waals surface area (Å²) in [6.07, 6.45) is 0. The standard InChI is InChI=1S/C11H13OSi/c1-13(2,3)9-8-10-4-6-11(12)7-5-10/h4-7H,1-3H3. The SMILES string of the molecule is C[Si](C)(C)C#Cc1ccc([O])cc1. The van der Waals surface area contributed by atoms with Gasteiger partial charge < -0.3 is 0 Å². The highest BCUT2D eigenvalue weighted by molar-refractivity contribution is 6.83. The molecule has 0 atom stereocenters. The zero-order chi connectivity index (χ0) is 9.90. The Labute approximate surface area is 80.4 Å². The molecule has 0 saturated heterocycles. The molecular weight excluding hydrogens is 176 g/mol. The molecule has 0 saturated carbocycles. The van der Waals surface area contributed by atoms with Crippen LogP contribution < -0.4 is 0 Å². The highest BCUT2D eigenvalue weighted by Crippen LogP contribution is 2.09. The van der Waals surface area contributed by atoms with E-state index in [0.29, 0.717) is 0 Å². The molecule has 0 aliphatic carbocycles. The lowest BCUT2D eigenvalue weighted by Crippen LogP contribution is -2.16. The quantitative estimate of drug-likeness (QED) is 0.441. The average molecular weight is 189 g/mol. The predicted octanol–water partition coefficient (Wildman–Crippen LogP) is 3.06. The van der Waals surface area contributed by atoms with Gasteiger partial charge in [0.1, 0.15) is 8.07 Å². The maximum atomic E-state index is 10.8. The summed E-state index contributed by atoms with van der Waals surface area (Å²) in [5.74, 6) is 3.12. The van der Waals surface area contributed by atoms with E-state index in [2.05, 4.69) is 31.1 Å². The lowest BCUT2D eigenvalue weighted by atomic mass is 10.2. The van der Waals surface area contributed by atoms with E-state index in [0.717, 1.165) is 5.56 Å². The zero-order valence-corrected chi connectivity index (χ0v) is 9.22. The van der Waals surface area contributed by atoms with Gasteiger partial charge in [-0.1, -0.05) is 25.6 Å². The molecule has 13 heavy (non-hydrogen) atoms. The lowest BCUT2D eigenvalue weighted by molar-refractivity contribution is 0.355. The van der Waals surface area contributed by atoms with Gasteiger partial charge in [0.15, 0.2) is 5.75 Å². The molecule has 0 unspecified atom stereocenters. The van der Waals surface area contributed by atoms with Crippen molar-refractivity contribution in [3.8, 4) is 17.2 Å². The molecule has 1 aromatic rings. The first kappa shape index (κ1) is 9.88. The third kappa shape index (κ3) is 3.82. The van der Waals surface area contributed by atoms with Crippen molar-refractivity contribution in [3.63, 3.8) is 0 Å². The molecule has 1 radical (unpaired) electrons. The Morgan fingerprint density at radius 3 is 2.08 bits per heavy atom. The summed E-state index contributed by atoms with van der Waals surface area (Å²) in [5, 5.41) is 10.8. The van der Waals surface area contributed by atoms with Crippen molar-refractivity contribution < 1.29 is 5.11 Å². The molecule has 0 fully saturated rings. The van der Waals surface area contributed by atoms with Gasteiger partial charge in [-0.25, -0.2) is 0 Å². The summed E-state index contributed by atoms with van der Waals surface area (Å²) >= 11 is 0. The first-order valence-corrected chi connectivity index (χ1v) is 7.78. The second-order valence-corrected chi connectivity index (χ2v) is 8.77. The normalized spacial score (nSPS) is 10.4. The van der Waals surface area contributed by atoms with Gasteiger partial charge >= 0.3 is 0 Å². The monoisotopic (exact) mass is 189 g/mol. The number of benzene rings is 1. The van der Waals surface area contributed by atoms with Crippen LogP contribution in [0, 0.1) is 11.5 Å². The van der Waals surface area contributed by atoms with Crippen LogP contribution in [0.25, 0.3) is 0 Å². The maximum Gasteiger partial charge on any atom is 0.178 e. The molecule has 67 valence electrons. The van der Waals surface area contributed by atoms with Crippen LogP contribution >= 0.6 is 0 Å². The van der Waals surface area contributed by atoms with Crippen LogP contribution in [0.2, 0.25) is 19.6 Å². The average Bonchev–Trinajstić information content (AvgIpc) is 2.02. The predicted molar refractivity (Wildman–Crippen MR) is 56.8 cm³/mol. The van der Waals surface area contributed by atoms with Crippen LogP contribution in [-0.2, 0) is 5.11 Å². The summed E-state index contributed by atoms with van der Waals surface area (Å²) in [5.41, 5.74) is 4.18. The molecule has 0 N–H and O–H groups in total. The molecule has 1 aromatic carbocycles. The zero-order valence-electron chi connectivity index (χ0n) is 8.22. The highest BCUT2D eigenvalue weighted by atomic mass is 28.3. The fourth-order valence-corrected chi connectivity index (χ4v) is 1.32. The highest BCUT2D eigenvalue weighted by Gasteiger charge is 2.07. The van der Waals surface area contributed by atoms with E-state index < -0.39 is 8.07 Å². The van der Waals surface area contributed by atoms with Gasteiger partial charge in [0, 0.05) is 5.56 Å². The topological polar surface area (TPSA) is 19.9 Å². The first-order chi connectivity index (χ1) is 5.97. The molecule has 0 heterocycles. The van der Waals surface area contributed by atoms with Gasteiger partial charge in [0.25, 0.3) is 0 Å². The van der Waals surface area contributed by atoms with E-state index in [1.54, 1.807) is 24.3 Å². The van der Waals surface area contributed by atoms with Gasteiger partial charge in [-0.15, -0.1) is 5.54 Å². The van der Waals surface area contributed by atoms with Crippen LogP contribution in [0.4, 0.5) is 0 Å². The minimum Gasteiger partial charge on any atom is -0.290 e. The van der Waals surface area contributed by atoms with Gasteiger partial charge in [0.05, 0.1) is 0 Å². The third-order valence-corrected chi connectivity index (χ3v) is 2.31. The van der Waals surface area contributed by atoms with Crippen LogP contribution in [0.1, 0.15) is 5.56 Å². The Hall–Kier alpha value is -1.20. The fraction of sp³-hybridized carbons (Fsp3) is 0.273. The molecular formula is C11H13OSi. The van der Waals surface area contributed by atoms with Crippen LogP contribution in [-0.4, -0.2) is 8.07 Å². The summed E-state index contributed by atoms with van der Waals surface area (Å²) in [4.78, 5) is 0. The molecule has 2 heteroatoms. The van der Waals surface area contributed by atoms with E-state index in [4.69, 9.17) is 0 Å². The summed E-state index contributed by atoms with van der Waals surface area (Å²) in [6, 6.07) is 6.65. The number of hydrogen-bond acceptors (Lipinski definition) is 0. The van der Waals surface area contributed by atoms with E-state index >= 15 is 0 Å². The Morgan fingerprint density at radius 2 is 1.62 bits per heavy atom. The van der Waals surface area contributed by atoms with Crippen molar-refractivity contribution >= 4 is 8.07 Å². The minimum absolute atomic E-state index is 0.0403. The molecule has 1 nitrogen and oxygen atoms in total. The van der Waals surface area contributed by atoms with Gasteiger partial charge in [-0.2, -0.15) is 0 Å². The van der Waals surface area contributed by atoms with Crippen molar-refractivity contribution in [2.75, 3.05) is 0 Å². The van der Waals surface area contributed by atoms with E-state index in [9.17, 15) is 5.11 Å². The minimum atomic E-state index is -1.29. The van der Waals surface area contributed by atoms with E-state index in [1.807, 2.05) is 0 Å². The molecule has 0 aromatic heterocycles. The largest absolute Gasteiger partial charge is 0.290 e. The van der Waals surface area contributed by atoms with Gasteiger partial charge in [-0.05, 0) is 24.3 Å². The van der Waals surface area contributed by atoms with Crippen LogP contribution in [0.3, 0.4) is 0 Å². The Bertz CT molecular complexity index is 335. The molecule has 0 spiro atoms. The van der Waals surface area contributed by atoms with Gasteiger partial charge in [0.2, 0.25) is 0 Å². The summed E-state index contributed by atoms with van der Waals surface area (Å²) < 4.78 is 0. The van der Waals surface area contributed by atoms with Crippen molar-refractivity contribution in [3.05, 3.63) is 29.8 Å². The Morgan fingerprint density at radius 1 is 1.08 bits per heavy atom. The first-order valence-electron chi connectivity index (χ1n) is 4.28.